The maximum atomic E-state index is 13.5. The van der Waals surface area contributed by atoms with Gasteiger partial charge in [0.2, 0.25) is 0 Å². The lowest BCUT2D eigenvalue weighted by atomic mass is 10.00. The fourth-order valence-corrected chi connectivity index (χ4v) is 1.39. The molecule has 88 valence electrons. The van der Waals surface area contributed by atoms with E-state index < -0.39 is 29.4 Å². The summed E-state index contributed by atoms with van der Waals surface area (Å²) in [5.41, 5.74) is -0.516. The van der Waals surface area contributed by atoms with Crippen LogP contribution in [0, 0.1) is 17.0 Å². The Morgan fingerprint density at radius 2 is 2.12 bits per heavy atom. The highest BCUT2D eigenvalue weighted by atomic mass is 19.3. The molecule has 0 atom stereocenters. The molecule has 0 heterocycles. The molecule has 0 saturated heterocycles. The molecule has 1 aromatic carbocycles. The van der Waals surface area contributed by atoms with Crippen molar-refractivity contribution in [2.24, 2.45) is 0 Å². The zero-order chi connectivity index (χ0) is 12.3. The van der Waals surface area contributed by atoms with Crippen LogP contribution in [0.15, 0.2) is 18.2 Å². The number of aliphatic hydroxyl groups is 1. The standard InChI is InChI=1S/C10H11F2NO3/c1-7-2-3-8(13(15)16)6-9(7)10(11,12)4-5-14/h2-3,6,14H,4-5H2,1H3. The Morgan fingerprint density at radius 1 is 1.50 bits per heavy atom. The molecule has 0 aliphatic rings. The SMILES string of the molecule is Cc1ccc([N+](=O)[O-])cc1C(F)(F)CCO. The monoisotopic (exact) mass is 231 g/mol. The first-order valence-electron chi connectivity index (χ1n) is 4.62. The second-order valence-corrected chi connectivity index (χ2v) is 3.43. The van der Waals surface area contributed by atoms with Gasteiger partial charge in [-0.15, -0.1) is 0 Å². The Bertz CT molecular complexity index is 407. The zero-order valence-corrected chi connectivity index (χ0v) is 8.61. The summed E-state index contributed by atoms with van der Waals surface area (Å²) in [6.07, 6.45) is -0.741. The lowest BCUT2D eigenvalue weighted by Gasteiger charge is -2.17. The third kappa shape index (κ3) is 2.52. The van der Waals surface area contributed by atoms with E-state index in [1.54, 1.807) is 0 Å². The number of benzene rings is 1. The average Bonchev–Trinajstić information content (AvgIpc) is 2.17. The molecule has 0 spiro atoms. The minimum atomic E-state index is -3.25. The summed E-state index contributed by atoms with van der Waals surface area (Å²) >= 11 is 0. The molecule has 0 aliphatic carbocycles. The lowest BCUT2D eigenvalue weighted by molar-refractivity contribution is -0.385. The minimum Gasteiger partial charge on any atom is -0.396 e. The molecule has 0 amide bonds. The number of nitro groups is 1. The van der Waals surface area contributed by atoms with Crippen molar-refractivity contribution in [2.75, 3.05) is 6.61 Å². The molecule has 0 saturated carbocycles. The molecule has 16 heavy (non-hydrogen) atoms. The molecule has 1 aromatic rings. The van der Waals surface area contributed by atoms with E-state index >= 15 is 0 Å². The van der Waals surface area contributed by atoms with Crippen molar-refractivity contribution in [3.8, 4) is 0 Å². The van der Waals surface area contributed by atoms with Crippen molar-refractivity contribution in [1.82, 2.24) is 0 Å². The molecule has 1 rings (SSSR count). The number of hydrogen-bond donors (Lipinski definition) is 1. The van der Waals surface area contributed by atoms with Gasteiger partial charge in [0.15, 0.2) is 0 Å². The summed E-state index contributed by atoms with van der Waals surface area (Å²) in [6, 6.07) is 3.30. The molecular formula is C10H11F2NO3. The van der Waals surface area contributed by atoms with Crippen LogP contribution in [0.25, 0.3) is 0 Å². The van der Waals surface area contributed by atoms with Crippen molar-refractivity contribution < 1.29 is 18.8 Å². The molecule has 1 N–H and O–H groups in total. The Labute approximate surface area is 90.7 Å². The van der Waals surface area contributed by atoms with Crippen molar-refractivity contribution in [1.29, 1.82) is 0 Å². The van der Waals surface area contributed by atoms with Gasteiger partial charge in [0.05, 0.1) is 4.92 Å². The third-order valence-electron chi connectivity index (χ3n) is 2.25. The van der Waals surface area contributed by atoms with Crippen LogP contribution < -0.4 is 0 Å². The fourth-order valence-electron chi connectivity index (χ4n) is 1.39. The predicted molar refractivity (Wildman–Crippen MR) is 53.4 cm³/mol. The summed E-state index contributed by atoms with van der Waals surface area (Å²) in [5.74, 6) is -3.25. The average molecular weight is 231 g/mol. The summed E-state index contributed by atoms with van der Waals surface area (Å²) in [7, 11) is 0. The predicted octanol–water partition coefficient (Wildman–Crippen LogP) is 2.38. The maximum Gasteiger partial charge on any atom is 0.275 e. The molecule has 0 bridgehead atoms. The summed E-state index contributed by atoms with van der Waals surface area (Å²) in [6.45, 7) is 0.777. The van der Waals surface area contributed by atoms with E-state index in [0.29, 0.717) is 0 Å². The number of aryl methyl sites for hydroxylation is 1. The number of halogens is 2. The van der Waals surface area contributed by atoms with Crippen LogP contribution in [-0.4, -0.2) is 16.6 Å². The van der Waals surface area contributed by atoms with E-state index in [0.717, 1.165) is 6.07 Å². The van der Waals surface area contributed by atoms with Crippen molar-refractivity contribution in [2.45, 2.75) is 19.3 Å². The highest BCUT2D eigenvalue weighted by Gasteiger charge is 2.33. The van der Waals surface area contributed by atoms with Gasteiger partial charge < -0.3 is 5.11 Å². The largest absolute Gasteiger partial charge is 0.396 e. The summed E-state index contributed by atoms with van der Waals surface area (Å²) in [5, 5.41) is 19.0. The van der Waals surface area contributed by atoms with Gasteiger partial charge in [-0.2, -0.15) is 0 Å². The van der Waals surface area contributed by atoms with E-state index in [4.69, 9.17) is 5.11 Å². The van der Waals surface area contributed by atoms with Gasteiger partial charge in [0.1, 0.15) is 0 Å². The van der Waals surface area contributed by atoms with Crippen molar-refractivity contribution >= 4 is 5.69 Å². The fraction of sp³-hybridized carbons (Fsp3) is 0.400. The summed E-state index contributed by atoms with van der Waals surface area (Å²) in [4.78, 5) is 9.74. The quantitative estimate of drug-likeness (QED) is 0.639. The van der Waals surface area contributed by atoms with E-state index in [1.165, 1.54) is 19.1 Å². The Kier molecular flexibility index (Phi) is 3.54. The number of aliphatic hydroxyl groups excluding tert-OH is 1. The first-order valence-corrected chi connectivity index (χ1v) is 4.62. The molecule has 4 nitrogen and oxygen atoms in total. The van der Waals surface area contributed by atoms with E-state index in [9.17, 15) is 18.9 Å². The minimum absolute atomic E-state index is 0.268. The normalized spacial score (nSPS) is 11.5. The smallest absolute Gasteiger partial charge is 0.275 e. The molecular weight excluding hydrogens is 220 g/mol. The van der Waals surface area contributed by atoms with Gasteiger partial charge in [0, 0.05) is 30.7 Å². The molecule has 6 heteroatoms. The number of non-ortho nitro benzene ring substituents is 1. The molecule has 0 aromatic heterocycles. The molecule has 0 aliphatic heterocycles. The molecule has 0 unspecified atom stereocenters. The maximum absolute atomic E-state index is 13.5. The van der Waals surface area contributed by atoms with Crippen LogP contribution >= 0.6 is 0 Å². The Morgan fingerprint density at radius 3 is 2.62 bits per heavy atom. The van der Waals surface area contributed by atoms with Gasteiger partial charge in [-0.3, -0.25) is 10.1 Å². The lowest BCUT2D eigenvalue weighted by Crippen LogP contribution is -2.17. The Hall–Kier alpha value is -1.56. The van der Waals surface area contributed by atoms with Crippen LogP contribution in [0.4, 0.5) is 14.5 Å². The zero-order valence-electron chi connectivity index (χ0n) is 8.61. The van der Waals surface area contributed by atoms with Gasteiger partial charge >= 0.3 is 0 Å². The number of nitrogens with zero attached hydrogens (tertiary/aromatic N) is 1. The van der Waals surface area contributed by atoms with Crippen LogP contribution in [-0.2, 0) is 5.92 Å². The first kappa shape index (κ1) is 12.5. The van der Waals surface area contributed by atoms with Crippen LogP contribution in [0.3, 0.4) is 0 Å². The highest BCUT2D eigenvalue weighted by Crippen LogP contribution is 2.35. The van der Waals surface area contributed by atoms with Gasteiger partial charge in [-0.1, -0.05) is 6.07 Å². The van der Waals surface area contributed by atoms with Crippen molar-refractivity contribution in [3.05, 3.63) is 39.4 Å². The van der Waals surface area contributed by atoms with E-state index in [-0.39, 0.29) is 11.3 Å². The molecule has 0 radical (unpaired) electrons. The number of hydrogen-bond acceptors (Lipinski definition) is 3. The van der Waals surface area contributed by atoms with Crippen molar-refractivity contribution in [3.63, 3.8) is 0 Å². The third-order valence-corrected chi connectivity index (χ3v) is 2.25. The van der Waals surface area contributed by atoms with Crippen LogP contribution in [0.2, 0.25) is 0 Å². The highest BCUT2D eigenvalue weighted by molar-refractivity contribution is 5.41. The second kappa shape index (κ2) is 4.52. The van der Waals surface area contributed by atoms with Crippen LogP contribution in [0.1, 0.15) is 17.5 Å². The molecule has 0 fully saturated rings. The van der Waals surface area contributed by atoms with Gasteiger partial charge in [0.25, 0.3) is 11.6 Å². The Balaban J connectivity index is 3.21. The van der Waals surface area contributed by atoms with Gasteiger partial charge in [-0.25, -0.2) is 8.78 Å². The topological polar surface area (TPSA) is 63.4 Å². The van der Waals surface area contributed by atoms with E-state index in [1.807, 2.05) is 0 Å². The summed E-state index contributed by atoms with van der Waals surface area (Å²) < 4.78 is 27.0. The van der Waals surface area contributed by atoms with Crippen LogP contribution in [0.5, 0.6) is 0 Å². The number of alkyl halides is 2. The first-order chi connectivity index (χ1) is 7.38. The van der Waals surface area contributed by atoms with Gasteiger partial charge in [-0.05, 0) is 12.5 Å². The van der Waals surface area contributed by atoms with E-state index in [2.05, 4.69) is 0 Å². The second-order valence-electron chi connectivity index (χ2n) is 3.43. The number of nitro benzene ring substituents is 1. The number of rotatable bonds is 4.